The van der Waals surface area contributed by atoms with E-state index in [-0.39, 0.29) is 16.7 Å². The van der Waals surface area contributed by atoms with Crippen molar-refractivity contribution in [1.29, 1.82) is 0 Å². The molecule has 3 bridgehead atoms. The van der Waals surface area contributed by atoms with E-state index in [1.54, 1.807) is 12.1 Å². The van der Waals surface area contributed by atoms with Gasteiger partial charge in [-0.3, -0.25) is 10.1 Å². The molecule has 3 heterocycles. The molecule has 4 aromatic rings. The second-order valence-corrected chi connectivity index (χ2v) is 11.3. The van der Waals surface area contributed by atoms with E-state index in [1.165, 1.54) is 19.3 Å². The van der Waals surface area contributed by atoms with Crippen molar-refractivity contribution in [2.45, 2.75) is 75.5 Å². The molecular weight excluding hydrogens is 480 g/mol. The fraction of sp³-hybridized carbons (Fsp3) is 0.500. The highest BCUT2D eigenvalue weighted by Crippen LogP contribution is 2.44. The maximum Gasteiger partial charge on any atom is 0.271 e. The van der Waals surface area contributed by atoms with Crippen molar-refractivity contribution in [2.75, 3.05) is 15.5 Å². The van der Waals surface area contributed by atoms with Gasteiger partial charge in [0.05, 0.1) is 33.0 Å². The first-order valence-electron chi connectivity index (χ1n) is 13.9. The van der Waals surface area contributed by atoms with Crippen LogP contribution < -0.4 is 15.5 Å². The van der Waals surface area contributed by atoms with Crippen LogP contribution in [0.4, 0.5) is 23.3 Å². The molecular formula is C28H34N8O2. The first-order chi connectivity index (χ1) is 18.4. The van der Waals surface area contributed by atoms with Crippen molar-refractivity contribution in [2.24, 2.45) is 14.1 Å². The standard InChI is InChI=1S/C28H34N8O2/c1-33-23-13-11-18-16-21(23)30-26(33)32-28(15-7-6-10-25(28)29-18)35(19-8-4-3-5-9-19)27-31-22-17-20(36(37)38)12-14-24(22)34(27)2/h11-14,16-17,19,25,29H,3-10,15H2,1-2H3,(H,30,32). The molecule has 2 unspecified atom stereocenters. The average molecular weight is 515 g/mol. The van der Waals surface area contributed by atoms with E-state index in [1.807, 2.05) is 13.1 Å². The molecule has 10 heteroatoms. The van der Waals surface area contributed by atoms with Crippen LogP contribution in [-0.4, -0.2) is 41.8 Å². The summed E-state index contributed by atoms with van der Waals surface area (Å²) in [5.74, 6) is 1.73. The molecule has 2 N–H and O–H groups in total. The summed E-state index contributed by atoms with van der Waals surface area (Å²) in [7, 11) is 4.12. The molecule has 38 heavy (non-hydrogen) atoms. The number of nitrogens with zero attached hydrogens (tertiary/aromatic N) is 6. The molecule has 2 saturated carbocycles. The summed E-state index contributed by atoms with van der Waals surface area (Å²) in [6, 6.07) is 11.9. The zero-order chi connectivity index (χ0) is 26.0. The number of imidazole rings is 2. The smallest absolute Gasteiger partial charge is 0.271 e. The number of nitro groups is 1. The number of nitrogens with one attached hydrogen (secondary N) is 2. The minimum absolute atomic E-state index is 0.0686. The van der Waals surface area contributed by atoms with Crippen LogP contribution in [0.2, 0.25) is 0 Å². The van der Waals surface area contributed by atoms with Gasteiger partial charge in [-0.2, -0.15) is 0 Å². The average Bonchev–Trinajstić information content (AvgIpc) is 3.42. The van der Waals surface area contributed by atoms with Crippen LogP contribution in [0.5, 0.6) is 0 Å². The van der Waals surface area contributed by atoms with Crippen LogP contribution in [-0.2, 0) is 14.1 Å². The van der Waals surface area contributed by atoms with E-state index in [0.29, 0.717) is 11.6 Å². The monoisotopic (exact) mass is 514 g/mol. The lowest BCUT2D eigenvalue weighted by Crippen LogP contribution is -2.69. The Balaban J connectivity index is 1.45. The molecule has 0 spiro atoms. The molecule has 198 valence electrons. The Hall–Kier alpha value is -3.82. The first-order valence-corrected chi connectivity index (χ1v) is 13.9. The van der Waals surface area contributed by atoms with Crippen molar-refractivity contribution in [3.05, 3.63) is 46.5 Å². The second-order valence-electron chi connectivity index (χ2n) is 11.3. The maximum absolute atomic E-state index is 11.5. The Bertz CT molecular complexity index is 1550. The van der Waals surface area contributed by atoms with Gasteiger partial charge in [-0.15, -0.1) is 0 Å². The second kappa shape index (κ2) is 8.61. The Morgan fingerprint density at radius 3 is 2.50 bits per heavy atom. The predicted molar refractivity (Wildman–Crippen MR) is 150 cm³/mol. The quantitative estimate of drug-likeness (QED) is 0.266. The zero-order valence-corrected chi connectivity index (χ0v) is 22.0. The van der Waals surface area contributed by atoms with Gasteiger partial charge in [0.25, 0.3) is 5.69 Å². The van der Waals surface area contributed by atoms with Gasteiger partial charge in [-0.05, 0) is 56.4 Å². The summed E-state index contributed by atoms with van der Waals surface area (Å²) in [6.07, 6.45) is 10.1. The predicted octanol–water partition coefficient (Wildman–Crippen LogP) is 5.68. The highest BCUT2D eigenvalue weighted by atomic mass is 16.6. The number of hydrogen-bond acceptors (Lipinski definition) is 7. The summed E-state index contributed by atoms with van der Waals surface area (Å²) in [6.45, 7) is 0. The van der Waals surface area contributed by atoms with Crippen molar-refractivity contribution >= 4 is 45.3 Å². The lowest BCUT2D eigenvalue weighted by molar-refractivity contribution is -0.384. The van der Waals surface area contributed by atoms with Crippen LogP contribution in [0, 0.1) is 10.1 Å². The topological polar surface area (TPSA) is 106 Å². The lowest BCUT2D eigenvalue weighted by atomic mass is 9.80. The number of nitro benzene ring substituents is 1. The largest absolute Gasteiger partial charge is 0.378 e. The number of anilines is 3. The summed E-state index contributed by atoms with van der Waals surface area (Å²) < 4.78 is 4.29. The van der Waals surface area contributed by atoms with Gasteiger partial charge in [0.2, 0.25) is 11.9 Å². The van der Waals surface area contributed by atoms with E-state index < -0.39 is 5.66 Å². The van der Waals surface area contributed by atoms with Gasteiger partial charge in [0.15, 0.2) is 0 Å². The Morgan fingerprint density at radius 1 is 0.947 bits per heavy atom. The number of rotatable bonds is 4. The molecule has 2 fully saturated rings. The van der Waals surface area contributed by atoms with Gasteiger partial charge in [0, 0.05) is 38.0 Å². The van der Waals surface area contributed by atoms with Crippen molar-refractivity contribution < 1.29 is 4.92 Å². The molecule has 2 aromatic heterocycles. The van der Waals surface area contributed by atoms with Crippen molar-refractivity contribution in [1.82, 2.24) is 19.1 Å². The Labute approximate surface area is 221 Å². The van der Waals surface area contributed by atoms with Crippen LogP contribution in [0.1, 0.15) is 57.8 Å². The van der Waals surface area contributed by atoms with Gasteiger partial charge < -0.3 is 24.7 Å². The van der Waals surface area contributed by atoms with Crippen LogP contribution >= 0.6 is 0 Å². The van der Waals surface area contributed by atoms with E-state index >= 15 is 0 Å². The molecule has 2 atom stereocenters. The van der Waals surface area contributed by atoms with Crippen LogP contribution in [0.15, 0.2) is 36.4 Å². The number of aromatic nitrogens is 4. The van der Waals surface area contributed by atoms with E-state index in [4.69, 9.17) is 9.97 Å². The van der Waals surface area contributed by atoms with E-state index in [2.05, 4.69) is 49.9 Å². The number of aryl methyl sites for hydroxylation is 2. The van der Waals surface area contributed by atoms with Gasteiger partial charge in [0.1, 0.15) is 5.66 Å². The maximum atomic E-state index is 11.5. The number of non-ortho nitro benzene ring substituents is 1. The summed E-state index contributed by atoms with van der Waals surface area (Å²) in [4.78, 5) is 23.9. The third-order valence-corrected chi connectivity index (χ3v) is 9.06. The number of fused-ring (bicyclic) bond motifs is 4. The third-order valence-electron chi connectivity index (χ3n) is 9.06. The highest BCUT2D eigenvalue weighted by molar-refractivity contribution is 5.84. The molecule has 2 aliphatic carbocycles. The minimum atomic E-state index is -0.469. The van der Waals surface area contributed by atoms with E-state index in [9.17, 15) is 10.1 Å². The van der Waals surface area contributed by atoms with Crippen LogP contribution in [0.25, 0.3) is 22.1 Å². The SMILES string of the molecule is Cn1c2nc3cc(ccc31)NC1CCCCC1(N(c1nc3cc([N+](=O)[O-])ccc3n1C)C1CCCCC1)N2. The van der Waals surface area contributed by atoms with Gasteiger partial charge in [-0.1, -0.05) is 25.7 Å². The fourth-order valence-corrected chi connectivity index (χ4v) is 7.15. The zero-order valence-electron chi connectivity index (χ0n) is 22.0. The summed E-state index contributed by atoms with van der Waals surface area (Å²) in [5, 5.41) is 19.4. The minimum Gasteiger partial charge on any atom is -0.378 e. The van der Waals surface area contributed by atoms with Crippen molar-refractivity contribution in [3.63, 3.8) is 0 Å². The van der Waals surface area contributed by atoms with Crippen LogP contribution in [0.3, 0.4) is 0 Å². The van der Waals surface area contributed by atoms with Gasteiger partial charge in [-0.25, -0.2) is 9.97 Å². The Morgan fingerprint density at radius 2 is 1.68 bits per heavy atom. The first kappa shape index (κ1) is 23.3. The highest BCUT2D eigenvalue weighted by Gasteiger charge is 2.51. The molecule has 3 aliphatic rings. The number of hydrogen-bond donors (Lipinski definition) is 2. The number of benzene rings is 2. The Kier molecular flexibility index (Phi) is 5.28. The molecule has 0 saturated heterocycles. The van der Waals surface area contributed by atoms with Crippen molar-refractivity contribution in [3.8, 4) is 0 Å². The molecule has 2 aromatic carbocycles. The normalized spacial score (nSPS) is 23.5. The van der Waals surface area contributed by atoms with E-state index in [0.717, 1.165) is 72.7 Å². The molecule has 1 aliphatic heterocycles. The summed E-state index contributed by atoms with van der Waals surface area (Å²) in [5.41, 5.74) is 4.32. The molecule has 0 amide bonds. The molecule has 7 rings (SSSR count). The lowest BCUT2D eigenvalue weighted by Gasteiger charge is -2.55. The summed E-state index contributed by atoms with van der Waals surface area (Å²) >= 11 is 0. The third kappa shape index (κ3) is 3.45. The van der Waals surface area contributed by atoms with Gasteiger partial charge >= 0.3 is 0 Å². The molecule has 0 radical (unpaired) electrons. The molecule has 10 nitrogen and oxygen atoms in total. The fourth-order valence-electron chi connectivity index (χ4n) is 7.15.